The zero-order valence-electron chi connectivity index (χ0n) is 12.2. The Kier molecular flexibility index (Phi) is 5.77. The van der Waals surface area contributed by atoms with Crippen LogP contribution in [0.5, 0.6) is 0 Å². The lowest BCUT2D eigenvalue weighted by Crippen LogP contribution is -2.38. The Morgan fingerprint density at radius 1 is 1.48 bits per heavy atom. The second kappa shape index (κ2) is 7.58. The molecule has 4 nitrogen and oxygen atoms in total. The van der Waals surface area contributed by atoms with E-state index in [1.165, 1.54) is 0 Å². The second-order valence-electron chi connectivity index (χ2n) is 5.47. The third-order valence-corrected chi connectivity index (χ3v) is 4.44. The van der Waals surface area contributed by atoms with Crippen LogP contribution < -0.4 is 5.32 Å². The van der Waals surface area contributed by atoms with Crippen LogP contribution in [-0.4, -0.2) is 30.4 Å². The molecule has 1 aromatic rings. The van der Waals surface area contributed by atoms with Gasteiger partial charge < -0.3 is 10.2 Å². The number of likely N-dealkylation sites (tertiary alicyclic amines) is 1. The van der Waals surface area contributed by atoms with Gasteiger partial charge in [-0.05, 0) is 56.6 Å². The maximum Gasteiger partial charge on any atom is 0.227 e. The predicted octanol–water partition coefficient (Wildman–Crippen LogP) is 3.32. The second-order valence-corrected chi connectivity index (χ2v) is 6.39. The van der Waals surface area contributed by atoms with Crippen molar-refractivity contribution in [3.05, 3.63) is 28.2 Å². The Morgan fingerprint density at radius 3 is 2.81 bits per heavy atom. The van der Waals surface area contributed by atoms with Crippen LogP contribution in [0.4, 0.5) is 5.69 Å². The van der Waals surface area contributed by atoms with E-state index in [0.717, 1.165) is 48.2 Å². The molecule has 112 valence electrons. The molecule has 21 heavy (non-hydrogen) atoms. The van der Waals surface area contributed by atoms with Crippen molar-refractivity contribution in [3.8, 4) is 6.07 Å². The summed E-state index contributed by atoms with van der Waals surface area (Å²) in [5.41, 5.74) is 1.94. The molecule has 0 atom stereocenters. The minimum atomic E-state index is 0.0754. The molecule has 5 heteroatoms. The molecule has 1 heterocycles. The first-order chi connectivity index (χ1) is 10.1. The van der Waals surface area contributed by atoms with Gasteiger partial charge in [-0.2, -0.15) is 5.26 Å². The molecule has 0 spiro atoms. The SMILES string of the molecule is Cc1cc(Br)ccc1NC(=O)C1CCN(CCC#N)CC1. The molecule has 0 bridgehead atoms. The van der Waals surface area contributed by atoms with Crippen LogP contribution in [-0.2, 0) is 4.79 Å². The van der Waals surface area contributed by atoms with Gasteiger partial charge in [0.1, 0.15) is 0 Å². The van der Waals surface area contributed by atoms with Gasteiger partial charge >= 0.3 is 0 Å². The number of halogens is 1. The van der Waals surface area contributed by atoms with Crippen molar-refractivity contribution in [1.82, 2.24) is 4.90 Å². The largest absolute Gasteiger partial charge is 0.326 e. The first kappa shape index (κ1) is 16.0. The van der Waals surface area contributed by atoms with Crippen LogP contribution in [0.1, 0.15) is 24.8 Å². The molecule has 1 aliphatic rings. The highest BCUT2D eigenvalue weighted by Gasteiger charge is 2.24. The molecule has 1 amide bonds. The maximum absolute atomic E-state index is 12.3. The summed E-state index contributed by atoms with van der Waals surface area (Å²) in [7, 11) is 0. The molecule has 1 fully saturated rings. The van der Waals surface area contributed by atoms with Gasteiger partial charge in [0.05, 0.1) is 6.07 Å². The Labute approximate surface area is 134 Å². The Balaban J connectivity index is 1.86. The fourth-order valence-electron chi connectivity index (χ4n) is 2.63. The number of aryl methyl sites for hydroxylation is 1. The lowest BCUT2D eigenvalue weighted by atomic mass is 9.95. The van der Waals surface area contributed by atoms with Crippen LogP contribution in [0.2, 0.25) is 0 Å². The van der Waals surface area contributed by atoms with E-state index in [1.807, 2.05) is 25.1 Å². The van der Waals surface area contributed by atoms with Gasteiger partial charge in [0.2, 0.25) is 5.91 Å². The lowest BCUT2D eigenvalue weighted by molar-refractivity contribution is -0.121. The maximum atomic E-state index is 12.3. The zero-order valence-corrected chi connectivity index (χ0v) is 13.8. The molecule has 0 unspecified atom stereocenters. The molecule has 0 aliphatic carbocycles. The number of rotatable bonds is 4. The van der Waals surface area contributed by atoms with E-state index >= 15 is 0 Å². The fourth-order valence-corrected chi connectivity index (χ4v) is 3.10. The number of nitrogens with zero attached hydrogens (tertiary/aromatic N) is 2. The Morgan fingerprint density at radius 2 is 2.19 bits per heavy atom. The van der Waals surface area contributed by atoms with Crippen molar-refractivity contribution >= 4 is 27.5 Å². The highest BCUT2D eigenvalue weighted by atomic mass is 79.9. The van der Waals surface area contributed by atoms with Crippen molar-refractivity contribution < 1.29 is 4.79 Å². The summed E-state index contributed by atoms with van der Waals surface area (Å²) in [6.45, 7) is 4.61. The standard InChI is InChI=1S/C16H20BrN3O/c1-12-11-14(17)3-4-15(12)19-16(21)13-5-9-20(10-6-13)8-2-7-18/h3-4,11,13H,2,5-6,8-10H2,1H3,(H,19,21). The van der Waals surface area contributed by atoms with E-state index in [4.69, 9.17) is 5.26 Å². The lowest BCUT2D eigenvalue weighted by Gasteiger charge is -2.30. The third-order valence-electron chi connectivity index (χ3n) is 3.94. The number of carbonyl (C=O) groups excluding carboxylic acids is 1. The van der Waals surface area contributed by atoms with Crippen LogP contribution in [0, 0.1) is 24.2 Å². The zero-order chi connectivity index (χ0) is 15.2. The van der Waals surface area contributed by atoms with Gasteiger partial charge in [0.25, 0.3) is 0 Å². The molecule has 0 radical (unpaired) electrons. The van der Waals surface area contributed by atoms with Gasteiger partial charge in [-0.15, -0.1) is 0 Å². The van der Waals surface area contributed by atoms with E-state index in [1.54, 1.807) is 0 Å². The summed E-state index contributed by atoms with van der Waals surface area (Å²) in [5, 5.41) is 11.6. The predicted molar refractivity (Wildman–Crippen MR) is 86.9 cm³/mol. The summed E-state index contributed by atoms with van der Waals surface area (Å²) < 4.78 is 1.02. The van der Waals surface area contributed by atoms with Crippen LogP contribution in [0.15, 0.2) is 22.7 Å². The van der Waals surface area contributed by atoms with Crippen LogP contribution >= 0.6 is 15.9 Å². The summed E-state index contributed by atoms with van der Waals surface area (Å²) in [5.74, 6) is 0.187. The number of anilines is 1. The number of piperidine rings is 1. The summed E-state index contributed by atoms with van der Waals surface area (Å²) in [6.07, 6.45) is 2.30. The number of hydrogen-bond acceptors (Lipinski definition) is 3. The molecule has 0 saturated carbocycles. The third kappa shape index (κ3) is 4.55. The summed E-state index contributed by atoms with van der Waals surface area (Å²) in [6, 6.07) is 8.04. The fraction of sp³-hybridized carbons (Fsp3) is 0.500. The van der Waals surface area contributed by atoms with Crippen molar-refractivity contribution in [2.75, 3.05) is 25.0 Å². The van der Waals surface area contributed by atoms with Crippen molar-refractivity contribution in [2.24, 2.45) is 5.92 Å². The molecule has 1 saturated heterocycles. The first-order valence-corrected chi connectivity index (χ1v) is 8.06. The quantitative estimate of drug-likeness (QED) is 0.906. The van der Waals surface area contributed by atoms with Gasteiger partial charge in [-0.25, -0.2) is 0 Å². The number of nitriles is 1. The molecular weight excluding hydrogens is 330 g/mol. The molecule has 1 N–H and O–H groups in total. The molecule has 1 aromatic carbocycles. The Bertz CT molecular complexity index is 545. The number of hydrogen-bond donors (Lipinski definition) is 1. The average molecular weight is 350 g/mol. The molecule has 2 rings (SSSR count). The van der Waals surface area contributed by atoms with Gasteiger partial charge in [0, 0.05) is 29.0 Å². The minimum Gasteiger partial charge on any atom is -0.326 e. The van der Waals surface area contributed by atoms with E-state index in [0.29, 0.717) is 6.42 Å². The first-order valence-electron chi connectivity index (χ1n) is 7.26. The number of benzene rings is 1. The number of nitrogens with one attached hydrogen (secondary N) is 1. The van der Waals surface area contributed by atoms with E-state index in [-0.39, 0.29) is 11.8 Å². The topological polar surface area (TPSA) is 56.1 Å². The highest BCUT2D eigenvalue weighted by Crippen LogP contribution is 2.23. The van der Waals surface area contributed by atoms with Gasteiger partial charge in [0.15, 0.2) is 0 Å². The molecule has 1 aliphatic heterocycles. The van der Waals surface area contributed by atoms with E-state index in [2.05, 4.69) is 32.2 Å². The average Bonchev–Trinajstić information content (AvgIpc) is 2.48. The number of amides is 1. The summed E-state index contributed by atoms with van der Waals surface area (Å²) >= 11 is 3.43. The minimum absolute atomic E-state index is 0.0754. The summed E-state index contributed by atoms with van der Waals surface area (Å²) in [4.78, 5) is 14.6. The van der Waals surface area contributed by atoms with Crippen LogP contribution in [0.3, 0.4) is 0 Å². The van der Waals surface area contributed by atoms with Gasteiger partial charge in [-0.3, -0.25) is 4.79 Å². The Hall–Kier alpha value is -1.38. The van der Waals surface area contributed by atoms with Crippen molar-refractivity contribution in [2.45, 2.75) is 26.2 Å². The van der Waals surface area contributed by atoms with Gasteiger partial charge in [-0.1, -0.05) is 15.9 Å². The smallest absolute Gasteiger partial charge is 0.227 e. The molecular formula is C16H20BrN3O. The monoisotopic (exact) mass is 349 g/mol. The van der Waals surface area contributed by atoms with Crippen LogP contribution in [0.25, 0.3) is 0 Å². The normalized spacial score (nSPS) is 16.4. The number of carbonyl (C=O) groups is 1. The molecule has 0 aromatic heterocycles. The van der Waals surface area contributed by atoms with E-state index < -0.39 is 0 Å². The van der Waals surface area contributed by atoms with E-state index in [9.17, 15) is 4.79 Å². The van der Waals surface area contributed by atoms with Crippen molar-refractivity contribution in [3.63, 3.8) is 0 Å². The highest BCUT2D eigenvalue weighted by molar-refractivity contribution is 9.10. The van der Waals surface area contributed by atoms with Crippen molar-refractivity contribution in [1.29, 1.82) is 5.26 Å².